The van der Waals surface area contributed by atoms with E-state index in [0.717, 1.165) is 5.56 Å². The number of rotatable bonds is 4. The largest absolute Gasteiger partial charge is 0.394 e. The van der Waals surface area contributed by atoms with Gasteiger partial charge in [0.05, 0.1) is 11.6 Å². The van der Waals surface area contributed by atoms with Crippen LogP contribution in [0.5, 0.6) is 0 Å². The first-order valence-corrected chi connectivity index (χ1v) is 4.87. The lowest BCUT2D eigenvalue weighted by atomic mass is 10.1. The van der Waals surface area contributed by atoms with E-state index in [9.17, 15) is 0 Å². The fourth-order valence-corrected chi connectivity index (χ4v) is 1.12. The van der Waals surface area contributed by atoms with Crippen LogP contribution in [0.3, 0.4) is 0 Å². The van der Waals surface area contributed by atoms with Gasteiger partial charge in [0.2, 0.25) is 0 Å². The van der Waals surface area contributed by atoms with Crippen LogP contribution in [0.25, 0.3) is 0 Å². The highest BCUT2D eigenvalue weighted by atomic mass is 35.5. The van der Waals surface area contributed by atoms with Gasteiger partial charge in [-0.1, -0.05) is 11.6 Å². The Labute approximate surface area is 89.1 Å². The molecule has 3 nitrogen and oxygen atoms in total. The Morgan fingerprint density at radius 3 is 2.86 bits per heavy atom. The molecule has 0 radical (unpaired) electrons. The van der Waals surface area contributed by atoms with E-state index in [-0.39, 0.29) is 12.1 Å². The SMILES string of the molecule is CC(C)(CO)NCc1ccncc1Cl. The zero-order valence-corrected chi connectivity index (χ0v) is 9.17. The molecule has 1 aromatic rings. The van der Waals surface area contributed by atoms with Crippen LogP contribution in [-0.2, 0) is 6.54 Å². The third-order valence-electron chi connectivity index (χ3n) is 2.01. The minimum absolute atomic E-state index is 0.0930. The Kier molecular flexibility index (Phi) is 3.86. The van der Waals surface area contributed by atoms with Crippen molar-refractivity contribution in [2.45, 2.75) is 25.9 Å². The first-order chi connectivity index (χ1) is 6.55. The molecule has 0 bridgehead atoms. The van der Waals surface area contributed by atoms with Crippen molar-refractivity contribution in [2.24, 2.45) is 0 Å². The molecule has 0 saturated carbocycles. The van der Waals surface area contributed by atoms with E-state index < -0.39 is 0 Å². The summed E-state index contributed by atoms with van der Waals surface area (Å²) in [7, 11) is 0. The number of aliphatic hydroxyl groups is 1. The normalized spacial score (nSPS) is 11.7. The van der Waals surface area contributed by atoms with Crippen LogP contribution < -0.4 is 5.32 Å². The highest BCUT2D eigenvalue weighted by molar-refractivity contribution is 6.31. The van der Waals surface area contributed by atoms with Crippen molar-refractivity contribution in [1.82, 2.24) is 10.3 Å². The van der Waals surface area contributed by atoms with Crippen LogP contribution in [0.15, 0.2) is 18.5 Å². The Morgan fingerprint density at radius 1 is 1.57 bits per heavy atom. The molecule has 0 fully saturated rings. The van der Waals surface area contributed by atoms with E-state index in [4.69, 9.17) is 16.7 Å². The van der Waals surface area contributed by atoms with Crippen molar-refractivity contribution in [1.29, 1.82) is 0 Å². The fourth-order valence-electron chi connectivity index (χ4n) is 0.938. The van der Waals surface area contributed by atoms with E-state index in [0.29, 0.717) is 11.6 Å². The number of hydrogen-bond acceptors (Lipinski definition) is 3. The van der Waals surface area contributed by atoms with E-state index >= 15 is 0 Å². The smallest absolute Gasteiger partial charge is 0.0634 e. The standard InChI is InChI=1S/C10H15ClN2O/c1-10(2,7-14)13-5-8-3-4-12-6-9(8)11/h3-4,6,13-14H,5,7H2,1-2H3. The molecule has 0 aromatic carbocycles. The number of halogens is 1. The highest BCUT2D eigenvalue weighted by Crippen LogP contribution is 2.14. The first kappa shape index (κ1) is 11.4. The summed E-state index contributed by atoms with van der Waals surface area (Å²) in [6.45, 7) is 4.59. The van der Waals surface area contributed by atoms with Crippen molar-refractivity contribution in [2.75, 3.05) is 6.61 Å². The van der Waals surface area contributed by atoms with Gasteiger partial charge in [-0.25, -0.2) is 0 Å². The molecule has 1 rings (SSSR count). The lowest BCUT2D eigenvalue weighted by Gasteiger charge is -2.23. The molecule has 1 aromatic heterocycles. The number of nitrogens with one attached hydrogen (secondary N) is 1. The maximum atomic E-state index is 9.03. The van der Waals surface area contributed by atoms with Crippen molar-refractivity contribution in [3.05, 3.63) is 29.0 Å². The monoisotopic (exact) mass is 214 g/mol. The number of pyridine rings is 1. The second-order valence-corrected chi connectivity index (χ2v) is 4.27. The fraction of sp³-hybridized carbons (Fsp3) is 0.500. The van der Waals surface area contributed by atoms with Gasteiger partial charge < -0.3 is 10.4 Å². The molecule has 0 saturated heterocycles. The van der Waals surface area contributed by atoms with Gasteiger partial charge in [-0.15, -0.1) is 0 Å². The molecule has 0 aliphatic carbocycles. The van der Waals surface area contributed by atoms with Crippen molar-refractivity contribution < 1.29 is 5.11 Å². The van der Waals surface area contributed by atoms with Crippen LogP contribution in [0.4, 0.5) is 0 Å². The van der Waals surface area contributed by atoms with Gasteiger partial charge in [-0.3, -0.25) is 4.98 Å². The average Bonchev–Trinajstić information content (AvgIpc) is 2.17. The van der Waals surface area contributed by atoms with Gasteiger partial charge in [0, 0.05) is 24.5 Å². The molecule has 14 heavy (non-hydrogen) atoms. The molecule has 0 unspecified atom stereocenters. The molecule has 4 heteroatoms. The third kappa shape index (κ3) is 3.25. The van der Waals surface area contributed by atoms with Gasteiger partial charge in [0.1, 0.15) is 0 Å². The van der Waals surface area contributed by atoms with E-state index in [2.05, 4.69) is 10.3 Å². The highest BCUT2D eigenvalue weighted by Gasteiger charge is 2.15. The van der Waals surface area contributed by atoms with Crippen LogP contribution >= 0.6 is 11.6 Å². The lowest BCUT2D eigenvalue weighted by Crippen LogP contribution is -2.42. The molecule has 0 amide bonds. The van der Waals surface area contributed by atoms with Crippen molar-refractivity contribution >= 4 is 11.6 Å². The topological polar surface area (TPSA) is 45.1 Å². The minimum atomic E-state index is -0.285. The maximum absolute atomic E-state index is 9.03. The minimum Gasteiger partial charge on any atom is -0.394 e. The van der Waals surface area contributed by atoms with Crippen LogP contribution in [-0.4, -0.2) is 22.2 Å². The number of aromatic nitrogens is 1. The molecule has 2 N–H and O–H groups in total. The van der Waals surface area contributed by atoms with Gasteiger partial charge in [0.15, 0.2) is 0 Å². The molecule has 1 heterocycles. The van der Waals surface area contributed by atoms with Crippen LogP contribution in [0.1, 0.15) is 19.4 Å². The summed E-state index contributed by atoms with van der Waals surface area (Å²) < 4.78 is 0. The molecular weight excluding hydrogens is 200 g/mol. The molecular formula is C10H15ClN2O. The Hall–Kier alpha value is -0.640. The van der Waals surface area contributed by atoms with Crippen molar-refractivity contribution in [3.8, 4) is 0 Å². The van der Waals surface area contributed by atoms with E-state index in [1.165, 1.54) is 0 Å². The molecule has 0 aliphatic rings. The second-order valence-electron chi connectivity index (χ2n) is 3.86. The molecule has 0 spiro atoms. The summed E-state index contributed by atoms with van der Waals surface area (Å²) in [5.74, 6) is 0. The number of nitrogens with zero attached hydrogens (tertiary/aromatic N) is 1. The summed E-state index contributed by atoms with van der Waals surface area (Å²) >= 11 is 5.93. The van der Waals surface area contributed by atoms with Gasteiger partial charge in [0.25, 0.3) is 0 Å². The first-order valence-electron chi connectivity index (χ1n) is 4.49. The van der Waals surface area contributed by atoms with Gasteiger partial charge >= 0.3 is 0 Å². The predicted molar refractivity (Wildman–Crippen MR) is 57.3 cm³/mol. The van der Waals surface area contributed by atoms with Gasteiger partial charge in [-0.2, -0.15) is 0 Å². The summed E-state index contributed by atoms with van der Waals surface area (Å²) in [4.78, 5) is 3.90. The average molecular weight is 215 g/mol. The Morgan fingerprint density at radius 2 is 2.29 bits per heavy atom. The molecule has 0 atom stereocenters. The Balaban J connectivity index is 2.58. The summed E-state index contributed by atoms with van der Waals surface area (Å²) in [6.07, 6.45) is 3.32. The zero-order valence-electron chi connectivity index (χ0n) is 8.42. The molecule has 0 aliphatic heterocycles. The summed E-state index contributed by atoms with van der Waals surface area (Å²) in [5, 5.41) is 12.9. The third-order valence-corrected chi connectivity index (χ3v) is 2.35. The van der Waals surface area contributed by atoms with Crippen LogP contribution in [0.2, 0.25) is 5.02 Å². The summed E-state index contributed by atoms with van der Waals surface area (Å²) in [5.41, 5.74) is 0.704. The summed E-state index contributed by atoms with van der Waals surface area (Å²) in [6, 6.07) is 1.86. The lowest BCUT2D eigenvalue weighted by molar-refractivity contribution is 0.187. The zero-order chi connectivity index (χ0) is 10.6. The van der Waals surface area contributed by atoms with Crippen molar-refractivity contribution in [3.63, 3.8) is 0 Å². The van der Waals surface area contributed by atoms with E-state index in [1.54, 1.807) is 12.4 Å². The predicted octanol–water partition coefficient (Wildman–Crippen LogP) is 1.60. The number of hydrogen-bond donors (Lipinski definition) is 2. The Bertz CT molecular complexity index is 302. The molecule has 78 valence electrons. The number of aliphatic hydroxyl groups excluding tert-OH is 1. The van der Waals surface area contributed by atoms with E-state index in [1.807, 2.05) is 19.9 Å². The van der Waals surface area contributed by atoms with Crippen LogP contribution in [0, 0.1) is 0 Å². The quantitative estimate of drug-likeness (QED) is 0.800. The second kappa shape index (κ2) is 4.73. The maximum Gasteiger partial charge on any atom is 0.0634 e. The van der Waals surface area contributed by atoms with Gasteiger partial charge in [-0.05, 0) is 25.5 Å².